The first kappa shape index (κ1) is 14.6. The lowest BCUT2D eigenvalue weighted by molar-refractivity contribution is -0.121. The number of H-pyrrole nitrogens is 1. The van der Waals surface area contributed by atoms with Crippen molar-refractivity contribution in [1.82, 2.24) is 15.1 Å². The zero-order valence-corrected chi connectivity index (χ0v) is 12.5. The van der Waals surface area contributed by atoms with Crippen molar-refractivity contribution in [3.63, 3.8) is 0 Å². The number of hydrogen-bond acceptors (Lipinski definition) is 3. The van der Waals surface area contributed by atoms with Crippen LogP contribution in [0.3, 0.4) is 0 Å². The van der Waals surface area contributed by atoms with Crippen LogP contribution in [0.1, 0.15) is 19.8 Å². The van der Waals surface area contributed by atoms with Crippen molar-refractivity contribution in [2.24, 2.45) is 11.8 Å². The third kappa shape index (κ3) is 2.95. The van der Waals surface area contributed by atoms with Crippen LogP contribution >= 0.6 is 0 Å². The molecule has 0 aliphatic heterocycles. The van der Waals surface area contributed by atoms with Crippen molar-refractivity contribution in [3.05, 3.63) is 45.0 Å². The van der Waals surface area contributed by atoms with E-state index >= 15 is 0 Å². The Hall–Kier alpha value is -2.37. The van der Waals surface area contributed by atoms with E-state index in [1.165, 1.54) is 4.68 Å². The van der Waals surface area contributed by atoms with E-state index in [0.717, 1.165) is 6.42 Å². The van der Waals surface area contributed by atoms with Gasteiger partial charge >= 0.3 is 0 Å². The molecule has 1 saturated carbocycles. The molecule has 0 radical (unpaired) electrons. The van der Waals surface area contributed by atoms with Crippen LogP contribution in [0.15, 0.2) is 33.9 Å². The summed E-state index contributed by atoms with van der Waals surface area (Å²) in [5.41, 5.74) is -0.596. The molecule has 1 aliphatic rings. The summed E-state index contributed by atoms with van der Waals surface area (Å²) in [6, 6.07) is 6.67. The first-order chi connectivity index (χ1) is 10.6. The van der Waals surface area contributed by atoms with Crippen molar-refractivity contribution in [1.29, 1.82) is 0 Å². The maximum absolute atomic E-state index is 12.3. The van der Waals surface area contributed by atoms with E-state index in [0.29, 0.717) is 29.2 Å². The van der Waals surface area contributed by atoms with Gasteiger partial charge in [0, 0.05) is 13.0 Å². The monoisotopic (exact) mass is 301 g/mol. The molecule has 0 bridgehead atoms. The second-order valence-corrected chi connectivity index (χ2v) is 5.97. The van der Waals surface area contributed by atoms with Gasteiger partial charge in [-0.15, -0.1) is 0 Å². The van der Waals surface area contributed by atoms with Crippen LogP contribution in [0, 0.1) is 11.8 Å². The number of carbonyl (C=O) groups excluding carboxylic acids is 1. The van der Waals surface area contributed by atoms with Crippen molar-refractivity contribution >= 4 is 16.7 Å². The third-order valence-electron chi connectivity index (χ3n) is 4.28. The molecular weight excluding hydrogens is 282 g/mol. The fraction of sp³-hybridized carbons (Fsp3) is 0.438. The first-order valence-corrected chi connectivity index (χ1v) is 7.55. The first-order valence-electron chi connectivity index (χ1n) is 7.55. The predicted molar refractivity (Wildman–Crippen MR) is 83.7 cm³/mol. The Morgan fingerprint density at radius 2 is 2.00 bits per heavy atom. The highest BCUT2D eigenvalue weighted by molar-refractivity contribution is 5.80. The van der Waals surface area contributed by atoms with Gasteiger partial charge in [-0.05, 0) is 30.4 Å². The van der Waals surface area contributed by atoms with Gasteiger partial charge in [0.15, 0.2) is 0 Å². The van der Waals surface area contributed by atoms with Crippen LogP contribution in [-0.2, 0) is 11.3 Å². The zero-order valence-electron chi connectivity index (χ0n) is 12.5. The molecule has 6 heteroatoms. The molecule has 1 aromatic heterocycles. The molecular formula is C16H19N3O3. The van der Waals surface area contributed by atoms with Gasteiger partial charge in [-0.3, -0.25) is 19.5 Å². The maximum atomic E-state index is 12.3. The quantitative estimate of drug-likeness (QED) is 0.859. The molecule has 0 saturated heterocycles. The van der Waals surface area contributed by atoms with Crippen LogP contribution in [0.2, 0.25) is 0 Å². The number of amides is 1. The molecule has 22 heavy (non-hydrogen) atoms. The summed E-state index contributed by atoms with van der Waals surface area (Å²) in [5.74, 6) is 1.19. The summed E-state index contributed by atoms with van der Waals surface area (Å²) in [7, 11) is 0. The van der Waals surface area contributed by atoms with E-state index in [4.69, 9.17) is 0 Å². The Labute approximate surface area is 127 Å². The Morgan fingerprint density at radius 1 is 1.32 bits per heavy atom. The Balaban J connectivity index is 1.69. The van der Waals surface area contributed by atoms with E-state index in [1.54, 1.807) is 24.3 Å². The Kier molecular flexibility index (Phi) is 3.83. The van der Waals surface area contributed by atoms with Gasteiger partial charge < -0.3 is 5.32 Å². The molecule has 0 spiro atoms. The summed E-state index contributed by atoms with van der Waals surface area (Å²) in [4.78, 5) is 36.0. The van der Waals surface area contributed by atoms with Crippen LogP contribution in [-0.4, -0.2) is 22.2 Å². The molecule has 1 fully saturated rings. The van der Waals surface area contributed by atoms with Crippen LogP contribution in [0.4, 0.5) is 0 Å². The van der Waals surface area contributed by atoms with Gasteiger partial charge in [-0.1, -0.05) is 19.1 Å². The summed E-state index contributed by atoms with van der Waals surface area (Å²) in [6.07, 6.45) is 1.34. The Bertz CT molecular complexity index is 821. The van der Waals surface area contributed by atoms with Crippen LogP contribution in [0.5, 0.6) is 0 Å². The summed E-state index contributed by atoms with van der Waals surface area (Å²) in [6.45, 7) is 3.03. The number of hydrogen-bond donors (Lipinski definition) is 2. The average Bonchev–Trinajstić information content (AvgIpc) is 3.23. The number of aromatic amines is 1. The van der Waals surface area contributed by atoms with Crippen molar-refractivity contribution in [2.75, 3.05) is 6.54 Å². The van der Waals surface area contributed by atoms with Crippen molar-refractivity contribution in [2.45, 2.75) is 26.3 Å². The number of fused-ring (bicyclic) bond motifs is 1. The van der Waals surface area contributed by atoms with E-state index in [-0.39, 0.29) is 30.0 Å². The maximum Gasteiger partial charge on any atom is 0.273 e. The fourth-order valence-corrected chi connectivity index (χ4v) is 2.63. The topological polar surface area (TPSA) is 84.0 Å². The van der Waals surface area contributed by atoms with E-state index in [2.05, 4.69) is 17.3 Å². The molecule has 1 aliphatic carbocycles. The lowest BCUT2D eigenvalue weighted by atomic mass is 10.2. The fourth-order valence-electron chi connectivity index (χ4n) is 2.63. The zero-order chi connectivity index (χ0) is 15.7. The number of nitrogens with one attached hydrogen (secondary N) is 2. The number of aromatic nitrogens is 2. The van der Waals surface area contributed by atoms with Crippen LogP contribution in [0.25, 0.3) is 10.8 Å². The molecule has 6 nitrogen and oxygen atoms in total. The lowest BCUT2D eigenvalue weighted by Gasteiger charge is -2.08. The number of benzene rings is 1. The van der Waals surface area contributed by atoms with E-state index in [1.807, 2.05) is 0 Å². The normalized spacial score (nSPS) is 20.0. The van der Waals surface area contributed by atoms with E-state index in [9.17, 15) is 14.4 Å². The second-order valence-electron chi connectivity index (χ2n) is 5.97. The molecule has 2 unspecified atom stereocenters. The molecule has 116 valence electrons. The van der Waals surface area contributed by atoms with Gasteiger partial charge in [0.1, 0.15) is 0 Å². The molecule has 1 heterocycles. The number of aryl methyl sites for hydroxylation is 1. The van der Waals surface area contributed by atoms with Crippen LogP contribution < -0.4 is 16.4 Å². The minimum atomic E-state index is -0.317. The largest absolute Gasteiger partial charge is 0.356 e. The molecule has 2 atom stereocenters. The second kappa shape index (κ2) is 5.79. The predicted octanol–water partition coefficient (Wildman–Crippen LogP) is 0.852. The molecule has 2 aromatic rings. The third-order valence-corrected chi connectivity index (χ3v) is 4.28. The van der Waals surface area contributed by atoms with Crippen molar-refractivity contribution < 1.29 is 4.79 Å². The standard InChI is InChI=1S/C16H19N3O3/c1-10-8-11(10)9-17-14(20)6-7-19-16(22)13-5-3-2-4-12(13)15(21)18-19/h2-5,10-11H,6-9H2,1H3,(H,17,20)(H,18,21). The highest BCUT2D eigenvalue weighted by Crippen LogP contribution is 2.36. The Morgan fingerprint density at radius 3 is 2.68 bits per heavy atom. The number of rotatable bonds is 5. The number of carbonyl (C=O) groups is 1. The van der Waals surface area contributed by atoms with Crippen molar-refractivity contribution in [3.8, 4) is 0 Å². The molecule has 1 aromatic carbocycles. The summed E-state index contributed by atoms with van der Waals surface area (Å²) in [5, 5.41) is 6.14. The minimum absolute atomic E-state index is 0.0972. The smallest absolute Gasteiger partial charge is 0.273 e. The molecule has 3 rings (SSSR count). The average molecular weight is 301 g/mol. The minimum Gasteiger partial charge on any atom is -0.356 e. The molecule has 2 N–H and O–H groups in total. The van der Waals surface area contributed by atoms with Gasteiger partial charge in [0.05, 0.1) is 17.3 Å². The summed E-state index contributed by atoms with van der Waals surface area (Å²) >= 11 is 0. The lowest BCUT2D eigenvalue weighted by Crippen LogP contribution is -2.33. The van der Waals surface area contributed by atoms with Gasteiger partial charge in [0.25, 0.3) is 11.1 Å². The molecule has 1 amide bonds. The highest BCUT2D eigenvalue weighted by Gasteiger charge is 2.32. The highest BCUT2D eigenvalue weighted by atomic mass is 16.2. The summed E-state index contributed by atoms with van der Waals surface area (Å²) < 4.78 is 1.21. The van der Waals surface area contributed by atoms with Gasteiger partial charge in [-0.25, -0.2) is 4.68 Å². The van der Waals surface area contributed by atoms with E-state index < -0.39 is 0 Å². The van der Waals surface area contributed by atoms with Gasteiger partial charge in [0.2, 0.25) is 5.91 Å². The number of nitrogens with zero attached hydrogens (tertiary/aromatic N) is 1. The SMILES string of the molecule is CC1CC1CNC(=O)CCn1[nH]c(=O)c2ccccc2c1=O. The van der Waals surface area contributed by atoms with Gasteiger partial charge in [-0.2, -0.15) is 0 Å².